The van der Waals surface area contributed by atoms with Crippen LogP contribution in [-0.2, 0) is 31.4 Å². The number of anilines is 1. The summed E-state index contributed by atoms with van der Waals surface area (Å²) < 4.78 is 52.1. The van der Waals surface area contributed by atoms with Crippen LogP contribution in [0.4, 0.5) is 5.69 Å². The third-order valence-electron chi connectivity index (χ3n) is 5.80. The zero-order chi connectivity index (χ0) is 23.5. The predicted octanol–water partition coefficient (Wildman–Crippen LogP) is 2.34. The number of nitrogens with zero attached hydrogens (tertiary/aromatic N) is 2. The maximum Gasteiger partial charge on any atom is 0.244 e. The molecule has 33 heavy (non-hydrogen) atoms. The first-order valence-electron chi connectivity index (χ1n) is 10.9. The lowest BCUT2D eigenvalue weighted by molar-refractivity contribution is -0.116. The number of sulfonamides is 2. The molecule has 2 aromatic rings. The van der Waals surface area contributed by atoms with Crippen LogP contribution < -0.4 is 9.62 Å². The van der Waals surface area contributed by atoms with Crippen LogP contribution in [0, 0.1) is 0 Å². The smallest absolute Gasteiger partial charge is 0.244 e. The van der Waals surface area contributed by atoms with Gasteiger partial charge >= 0.3 is 0 Å². The number of carbonyl (C=O) groups excluding carboxylic acids is 1. The Hall–Kier alpha value is -2.69. The second-order valence-corrected chi connectivity index (χ2v) is 12.1. The van der Waals surface area contributed by atoms with Gasteiger partial charge in [0.2, 0.25) is 26.0 Å². The van der Waals surface area contributed by atoms with E-state index in [-0.39, 0.29) is 23.1 Å². The molecular formula is C23H27N3O5S2. The Morgan fingerprint density at radius 1 is 0.939 bits per heavy atom. The monoisotopic (exact) mass is 489 g/mol. The van der Waals surface area contributed by atoms with Gasteiger partial charge in [-0.05, 0) is 60.7 Å². The summed E-state index contributed by atoms with van der Waals surface area (Å²) in [4.78, 5) is 12.4. The fourth-order valence-corrected chi connectivity index (χ4v) is 7.04. The van der Waals surface area contributed by atoms with E-state index in [9.17, 15) is 21.6 Å². The Morgan fingerprint density at radius 2 is 1.61 bits per heavy atom. The minimum atomic E-state index is -3.44. The molecule has 0 aliphatic carbocycles. The molecule has 2 aromatic carbocycles. The average molecular weight is 490 g/mol. The molecule has 2 aliphatic rings. The third kappa shape index (κ3) is 5.45. The quantitative estimate of drug-likeness (QED) is 0.602. The van der Waals surface area contributed by atoms with Crippen molar-refractivity contribution >= 4 is 37.7 Å². The van der Waals surface area contributed by atoms with Crippen molar-refractivity contribution in [3.63, 3.8) is 0 Å². The molecule has 0 saturated carbocycles. The van der Waals surface area contributed by atoms with Gasteiger partial charge in [-0.3, -0.25) is 9.10 Å². The van der Waals surface area contributed by atoms with E-state index in [4.69, 9.17) is 0 Å². The summed E-state index contributed by atoms with van der Waals surface area (Å²) in [5.41, 5.74) is 2.21. The van der Waals surface area contributed by atoms with E-state index in [1.165, 1.54) is 14.7 Å². The maximum atomic E-state index is 12.6. The van der Waals surface area contributed by atoms with Gasteiger partial charge in [0.1, 0.15) is 0 Å². The predicted molar refractivity (Wildman–Crippen MR) is 128 cm³/mol. The number of carbonyl (C=O) groups is 1. The van der Waals surface area contributed by atoms with E-state index in [1.807, 2.05) is 0 Å². The van der Waals surface area contributed by atoms with Crippen molar-refractivity contribution in [2.45, 2.75) is 30.7 Å². The minimum Gasteiger partial charge on any atom is -0.348 e. The van der Waals surface area contributed by atoms with Crippen molar-refractivity contribution in [3.8, 4) is 0 Å². The van der Waals surface area contributed by atoms with Crippen molar-refractivity contribution in [3.05, 3.63) is 65.7 Å². The highest BCUT2D eigenvalue weighted by Gasteiger charge is 2.28. The Balaban J connectivity index is 1.30. The SMILES string of the molecule is O=C(/C=C/c1ccc(N2CCCS2(=O)=O)cc1)NCc1ccc(S(=O)(=O)N2CCCC2)cc1. The number of hydrogen-bond acceptors (Lipinski definition) is 5. The molecule has 176 valence electrons. The number of rotatable bonds is 7. The van der Waals surface area contributed by atoms with Gasteiger partial charge in [0, 0.05) is 32.3 Å². The second-order valence-electron chi connectivity index (χ2n) is 8.14. The van der Waals surface area contributed by atoms with Crippen molar-refractivity contribution in [1.82, 2.24) is 9.62 Å². The highest BCUT2D eigenvalue weighted by Crippen LogP contribution is 2.24. The van der Waals surface area contributed by atoms with Gasteiger partial charge in [-0.1, -0.05) is 24.3 Å². The lowest BCUT2D eigenvalue weighted by atomic mass is 10.2. The molecule has 0 radical (unpaired) electrons. The summed E-state index contributed by atoms with van der Waals surface area (Å²) in [6.07, 6.45) is 5.47. The van der Waals surface area contributed by atoms with Crippen molar-refractivity contribution in [2.75, 3.05) is 29.7 Å². The van der Waals surface area contributed by atoms with E-state index >= 15 is 0 Å². The summed E-state index contributed by atoms with van der Waals surface area (Å²) >= 11 is 0. The molecule has 2 fully saturated rings. The van der Waals surface area contributed by atoms with Crippen molar-refractivity contribution < 1.29 is 21.6 Å². The van der Waals surface area contributed by atoms with Gasteiger partial charge < -0.3 is 5.32 Å². The largest absolute Gasteiger partial charge is 0.348 e. The number of amides is 1. The lowest BCUT2D eigenvalue weighted by Gasteiger charge is -2.16. The third-order valence-corrected chi connectivity index (χ3v) is 9.58. The van der Waals surface area contributed by atoms with Gasteiger partial charge in [0.15, 0.2) is 0 Å². The van der Waals surface area contributed by atoms with Gasteiger partial charge in [0.25, 0.3) is 0 Å². The standard InChI is InChI=1S/C23H27N3O5S2/c27-23(13-8-19-4-9-21(10-5-19)26-16-3-17-32(26,28)29)24-18-20-6-11-22(12-7-20)33(30,31)25-14-1-2-15-25/h4-13H,1-3,14-18H2,(H,24,27)/b13-8+. The fourth-order valence-electron chi connectivity index (χ4n) is 3.96. The van der Waals surface area contributed by atoms with Crippen LogP contribution in [0.15, 0.2) is 59.5 Å². The lowest BCUT2D eigenvalue weighted by Crippen LogP contribution is -2.27. The molecule has 4 rings (SSSR count). The molecular weight excluding hydrogens is 462 g/mol. The Bertz CT molecular complexity index is 1230. The Morgan fingerprint density at radius 3 is 2.21 bits per heavy atom. The van der Waals surface area contributed by atoms with Crippen LogP contribution in [-0.4, -0.2) is 52.4 Å². The maximum absolute atomic E-state index is 12.6. The molecule has 2 saturated heterocycles. The molecule has 1 amide bonds. The minimum absolute atomic E-state index is 0.172. The summed E-state index contributed by atoms with van der Waals surface area (Å²) in [5.74, 6) is -0.110. The summed E-state index contributed by atoms with van der Waals surface area (Å²) in [6, 6.07) is 13.6. The molecule has 0 spiro atoms. The highest BCUT2D eigenvalue weighted by molar-refractivity contribution is 7.93. The second kappa shape index (κ2) is 9.66. The fraction of sp³-hybridized carbons (Fsp3) is 0.348. The average Bonchev–Trinajstić information content (AvgIpc) is 3.47. The Kier molecular flexibility index (Phi) is 6.87. The number of nitrogens with one attached hydrogen (secondary N) is 1. The molecule has 10 heteroatoms. The van der Waals surface area contributed by atoms with Crippen LogP contribution >= 0.6 is 0 Å². The molecule has 2 heterocycles. The van der Waals surface area contributed by atoms with Gasteiger partial charge in [-0.25, -0.2) is 16.8 Å². The molecule has 0 aromatic heterocycles. The van der Waals surface area contributed by atoms with E-state index in [2.05, 4.69) is 5.32 Å². The van der Waals surface area contributed by atoms with Crippen LogP contribution in [0.2, 0.25) is 0 Å². The Labute approximate surface area is 195 Å². The van der Waals surface area contributed by atoms with Crippen molar-refractivity contribution in [1.29, 1.82) is 0 Å². The first-order valence-corrected chi connectivity index (χ1v) is 14.0. The van der Waals surface area contributed by atoms with E-state index < -0.39 is 20.0 Å². The zero-order valence-electron chi connectivity index (χ0n) is 18.2. The molecule has 0 atom stereocenters. The first kappa shape index (κ1) is 23.5. The molecule has 0 unspecified atom stereocenters. The van der Waals surface area contributed by atoms with Crippen LogP contribution in [0.5, 0.6) is 0 Å². The molecule has 0 bridgehead atoms. The number of hydrogen-bond donors (Lipinski definition) is 1. The normalized spacial score (nSPS) is 18.7. The van der Waals surface area contributed by atoms with E-state index in [0.29, 0.717) is 31.7 Å². The van der Waals surface area contributed by atoms with Crippen LogP contribution in [0.25, 0.3) is 6.08 Å². The van der Waals surface area contributed by atoms with Gasteiger partial charge in [0.05, 0.1) is 16.3 Å². The van der Waals surface area contributed by atoms with Crippen molar-refractivity contribution in [2.24, 2.45) is 0 Å². The van der Waals surface area contributed by atoms with E-state index in [1.54, 1.807) is 54.6 Å². The van der Waals surface area contributed by atoms with Crippen LogP contribution in [0.1, 0.15) is 30.4 Å². The summed E-state index contributed by atoms with van der Waals surface area (Å²) in [7, 11) is -6.66. The highest BCUT2D eigenvalue weighted by atomic mass is 32.2. The molecule has 8 nitrogen and oxygen atoms in total. The zero-order valence-corrected chi connectivity index (χ0v) is 19.8. The molecule has 1 N–H and O–H groups in total. The summed E-state index contributed by atoms with van der Waals surface area (Å²) in [5, 5.41) is 2.78. The van der Waals surface area contributed by atoms with Gasteiger partial charge in [-0.15, -0.1) is 0 Å². The molecule has 2 aliphatic heterocycles. The topological polar surface area (TPSA) is 104 Å². The summed E-state index contributed by atoms with van der Waals surface area (Å²) in [6.45, 7) is 1.89. The van der Waals surface area contributed by atoms with Crippen LogP contribution in [0.3, 0.4) is 0 Å². The number of benzene rings is 2. The first-order chi connectivity index (χ1) is 15.8. The van der Waals surface area contributed by atoms with Gasteiger partial charge in [-0.2, -0.15) is 4.31 Å². The van der Waals surface area contributed by atoms with E-state index in [0.717, 1.165) is 24.0 Å².